The highest BCUT2D eigenvalue weighted by molar-refractivity contribution is 5.96. The molecule has 1 fully saturated rings. The lowest BCUT2D eigenvalue weighted by Crippen LogP contribution is -2.37. The molecule has 0 bridgehead atoms. The molecule has 1 aliphatic heterocycles. The van der Waals surface area contributed by atoms with Crippen LogP contribution < -0.4 is 21.7 Å². The van der Waals surface area contributed by atoms with Gasteiger partial charge >= 0.3 is 0 Å². The topological polar surface area (TPSA) is 127 Å². The number of carbonyl (C=O) groups is 2. The number of nitrogens with one attached hydrogen (secondary N) is 3. The first-order chi connectivity index (χ1) is 14.1. The molecule has 1 aliphatic rings. The number of primary amides is 1. The van der Waals surface area contributed by atoms with E-state index in [1.54, 1.807) is 19.2 Å². The number of rotatable bonds is 11. The quantitative estimate of drug-likeness (QED) is 0.236. The summed E-state index contributed by atoms with van der Waals surface area (Å²) in [6, 6.07) is 7.10. The summed E-state index contributed by atoms with van der Waals surface area (Å²) in [6.45, 7) is 3.35. The molecule has 160 valence electrons. The van der Waals surface area contributed by atoms with Crippen LogP contribution in [-0.4, -0.2) is 63.8 Å². The van der Waals surface area contributed by atoms with Crippen molar-refractivity contribution >= 4 is 17.8 Å². The zero-order chi connectivity index (χ0) is 20.9. The Labute approximate surface area is 171 Å². The van der Waals surface area contributed by atoms with Crippen molar-refractivity contribution in [2.45, 2.75) is 31.9 Å². The molecule has 1 aromatic rings. The van der Waals surface area contributed by atoms with Gasteiger partial charge in [-0.1, -0.05) is 12.1 Å². The van der Waals surface area contributed by atoms with Crippen molar-refractivity contribution in [3.8, 4) is 0 Å². The van der Waals surface area contributed by atoms with Gasteiger partial charge in [0.1, 0.15) is 0 Å². The highest BCUT2D eigenvalue weighted by Gasteiger charge is 2.14. The van der Waals surface area contributed by atoms with Crippen molar-refractivity contribution in [3.63, 3.8) is 0 Å². The lowest BCUT2D eigenvalue weighted by atomic mass is 10.1. The van der Waals surface area contributed by atoms with Crippen LogP contribution in [0.15, 0.2) is 29.3 Å². The van der Waals surface area contributed by atoms with Crippen LogP contribution in [0.5, 0.6) is 0 Å². The summed E-state index contributed by atoms with van der Waals surface area (Å²) >= 11 is 0. The van der Waals surface area contributed by atoms with E-state index in [9.17, 15) is 9.59 Å². The van der Waals surface area contributed by atoms with Gasteiger partial charge in [-0.05, 0) is 37.0 Å². The van der Waals surface area contributed by atoms with Crippen molar-refractivity contribution < 1.29 is 19.1 Å². The number of ether oxygens (including phenoxy) is 2. The van der Waals surface area contributed by atoms with Gasteiger partial charge in [0, 0.05) is 38.9 Å². The standard InChI is InChI=1S/C20H31N5O4/c1-22-20(23-9-3-10-28-14-17-4-2-11-29-17)25-12-15-5-7-16(8-6-15)19(27)24-13-18(21)26/h5-8,17H,2-4,9-14H2,1H3,(H2,21,26)(H,24,27)(H2,22,23,25). The van der Waals surface area contributed by atoms with E-state index in [2.05, 4.69) is 20.9 Å². The summed E-state index contributed by atoms with van der Waals surface area (Å²) in [5.74, 6) is -0.206. The van der Waals surface area contributed by atoms with Crippen molar-refractivity contribution in [1.29, 1.82) is 0 Å². The average Bonchev–Trinajstić information content (AvgIpc) is 3.24. The molecule has 29 heavy (non-hydrogen) atoms. The molecule has 2 amide bonds. The first-order valence-electron chi connectivity index (χ1n) is 9.88. The molecule has 2 rings (SSSR count). The van der Waals surface area contributed by atoms with Crippen molar-refractivity contribution in [3.05, 3.63) is 35.4 Å². The van der Waals surface area contributed by atoms with Gasteiger partial charge in [0.25, 0.3) is 5.91 Å². The Morgan fingerprint density at radius 3 is 2.69 bits per heavy atom. The third-order valence-corrected chi connectivity index (χ3v) is 4.41. The fourth-order valence-corrected chi connectivity index (χ4v) is 2.82. The van der Waals surface area contributed by atoms with Gasteiger partial charge in [0.15, 0.2) is 5.96 Å². The van der Waals surface area contributed by atoms with Crippen LogP contribution in [-0.2, 0) is 20.8 Å². The summed E-state index contributed by atoms with van der Waals surface area (Å²) in [6.07, 6.45) is 3.36. The van der Waals surface area contributed by atoms with Crippen LogP contribution >= 0.6 is 0 Å². The Morgan fingerprint density at radius 1 is 1.24 bits per heavy atom. The second kappa shape index (κ2) is 12.7. The van der Waals surface area contributed by atoms with E-state index in [0.717, 1.165) is 38.0 Å². The summed E-state index contributed by atoms with van der Waals surface area (Å²) in [7, 11) is 1.72. The van der Waals surface area contributed by atoms with E-state index < -0.39 is 5.91 Å². The minimum Gasteiger partial charge on any atom is -0.379 e. The second-order valence-electron chi connectivity index (χ2n) is 6.76. The Kier molecular flexibility index (Phi) is 9.94. The van der Waals surface area contributed by atoms with Gasteiger partial charge in [-0.2, -0.15) is 0 Å². The van der Waals surface area contributed by atoms with Gasteiger partial charge in [-0.25, -0.2) is 0 Å². The molecule has 1 atom stereocenters. The smallest absolute Gasteiger partial charge is 0.251 e. The summed E-state index contributed by atoms with van der Waals surface area (Å²) in [4.78, 5) is 26.8. The third kappa shape index (κ3) is 8.93. The predicted octanol–water partition coefficient (Wildman–Crippen LogP) is 0.152. The number of guanidine groups is 1. The van der Waals surface area contributed by atoms with Crippen molar-refractivity contribution in [1.82, 2.24) is 16.0 Å². The fraction of sp³-hybridized carbons (Fsp3) is 0.550. The number of nitrogens with two attached hydrogens (primary N) is 1. The van der Waals surface area contributed by atoms with E-state index in [0.29, 0.717) is 31.3 Å². The van der Waals surface area contributed by atoms with Crippen LogP contribution in [0.4, 0.5) is 0 Å². The second-order valence-corrected chi connectivity index (χ2v) is 6.76. The first kappa shape index (κ1) is 22.6. The Bertz CT molecular complexity index is 672. The van der Waals surface area contributed by atoms with Gasteiger partial charge < -0.3 is 31.2 Å². The SMILES string of the molecule is CN=C(NCCCOCC1CCCO1)NCc1ccc(C(=O)NCC(N)=O)cc1. The third-order valence-electron chi connectivity index (χ3n) is 4.41. The zero-order valence-electron chi connectivity index (χ0n) is 16.9. The van der Waals surface area contributed by atoms with Crippen LogP contribution in [0.1, 0.15) is 35.2 Å². The zero-order valence-corrected chi connectivity index (χ0v) is 16.9. The van der Waals surface area contributed by atoms with E-state index in [1.807, 2.05) is 12.1 Å². The highest BCUT2D eigenvalue weighted by atomic mass is 16.5. The molecule has 0 radical (unpaired) electrons. The van der Waals surface area contributed by atoms with Gasteiger partial charge in [-0.15, -0.1) is 0 Å². The van der Waals surface area contributed by atoms with Gasteiger partial charge in [0.05, 0.1) is 19.3 Å². The number of hydrogen-bond acceptors (Lipinski definition) is 5. The normalized spacial score (nSPS) is 16.4. The molecule has 9 heteroatoms. The Morgan fingerprint density at radius 2 is 2.03 bits per heavy atom. The average molecular weight is 405 g/mol. The fourth-order valence-electron chi connectivity index (χ4n) is 2.82. The van der Waals surface area contributed by atoms with Crippen LogP contribution in [0, 0.1) is 0 Å². The first-order valence-corrected chi connectivity index (χ1v) is 9.88. The number of carbonyl (C=O) groups excluding carboxylic acids is 2. The maximum Gasteiger partial charge on any atom is 0.251 e. The summed E-state index contributed by atoms with van der Waals surface area (Å²) < 4.78 is 11.2. The van der Waals surface area contributed by atoms with Gasteiger partial charge in [0.2, 0.25) is 5.91 Å². The lowest BCUT2D eigenvalue weighted by Gasteiger charge is -2.13. The van der Waals surface area contributed by atoms with E-state index in [1.165, 1.54) is 0 Å². The molecule has 9 nitrogen and oxygen atoms in total. The molecule has 1 heterocycles. The molecule has 0 spiro atoms. The summed E-state index contributed by atoms with van der Waals surface area (Å²) in [5.41, 5.74) is 6.49. The van der Waals surface area contributed by atoms with E-state index >= 15 is 0 Å². The lowest BCUT2D eigenvalue weighted by molar-refractivity contribution is -0.117. The minimum absolute atomic E-state index is 0.177. The molecule has 5 N–H and O–H groups in total. The Hall–Kier alpha value is -2.65. The Balaban J connectivity index is 1.61. The van der Waals surface area contributed by atoms with Crippen LogP contribution in [0.2, 0.25) is 0 Å². The molecule has 1 unspecified atom stereocenters. The number of hydrogen-bond donors (Lipinski definition) is 4. The van der Waals surface area contributed by atoms with Crippen LogP contribution in [0.3, 0.4) is 0 Å². The van der Waals surface area contributed by atoms with Crippen LogP contribution in [0.25, 0.3) is 0 Å². The maximum atomic E-state index is 11.9. The number of nitrogens with zero attached hydrogens (tertiary/aromatic N) is 1. The molecule has 0 aliphatic carbocycles. The minimum atomic E-state index is -0.576. The monoisotopic (exact) mass is 405 g/mol. The molecule has 0 aromatic heterocycles. The van der Waals surface area contributed by atoms with Gasteiger partial charge in [-0.3, -0.25) is 14.6 Å². The number of benzene rings is 1. The molecular weight excluding hydrogens is 374 g/mol. The molecule has 1 saturated heterocycles. The summed E-state index contributed by atoms with van der Waals surface area (Å²) in [5, 5.41) is 8.93. The largest absolute Gasteiger partial charge is 0.379 e. The number of amides is 2. The van der Waals surface area contributed by atoms with Crippen molar-refractivity contribution in [2.24, 2.45) is 10.7 Å². The van der Waals surface area contributed by atoms with Crippen molar-refractivity contribution in [2.75, 3.05) is 40.0 Å². The van der Waals surface area contributed by atoms with E-state index in [-0.39, 0.29) is 18.6 Å². The highest BCUT2D eigenvalue weighted by Crippen LogP contribution is 2.11. The maximum absolute atomic E-state index is 11.9. The predicted molar refractivity (Wildman–Crippen MR) is 111 cm³/mol. The molecule has 1 aromatic carbocycles. The van der Waals surface area contributed by atoms with E-state index in [4.69, 9.17) is 15.2 Å². The number of aliphatic imine (C=N–C) groups is 1. The molecule has 0 saturated carbocycles. The molecular formula is C20H31N5O4.